The van der Waals surface area contributed by atoms with Crippen LogP contribution in [0.1, 0.15) is 34.1 Å². The molecule has 1 amide bonds. The van der Waals surface area contributed by atoms with Gasteiger partial charge in [0.2, 0.25) is 0 Å². The number of methoxy groups -OCH3 is 1. The van der Waals surface area contributed by atoms with Crippen LogP contribution in [0.15, 0.2) is 0 Å². The average molecular weight is 287 g/mol. The van der Waals surface area contributed by atoms with Crippen LogP contribution in [0.25, 0.3) is 0 Å². The number of hydrogen-bond acceptors (Lipinski definition) is 5. The number of rotatable bonds is 3. The Morgan fingerprint density at radius 3 is 2.45 bits per heavy atom. The molecule has 2 unspecified atom stereocenters. The van der Waals surface area contributed by atoms with Gasteiger partial charge >= 0.3 is 12.1 Å². The average Bonchev–Trinajstić information content (AvgIpc) is 2.36. The smallest absolute Gasteiger partial charge is 0.410 e. The van der Waals surface area contributed by atoms with Gasteiger partial charge in [0.1, 0.15) is 5.60 Å². The molecule has 0 aromatic heterocycles. The van der Waals surface area contributed by atoms with Crippen molar-refractivity contribution in [2.45, 2.75) is 45.8 Å². The predicted octanol–water partition coefficient (Wildman–Crippen LogP) is 1.82. The summed E-state index contributed by atoms with van der Waals surface area (Å²) in [5, 5.41) is 0. The van der Waals surface area contributed by atoms with Crippen molar-refractivity contribution in [1.82, 2.24) is 4.90 Å². The number of amides is 1. The Morgan fingerprint density at radius 2 is 1.95 bits per heavy atom. The summed E-state index contributed by atoms with van der Waals surface area (Å²) in [4.78, 5) is 25.4. The largest absolute Gasteiger partial charge is 0.466 e. The van der Waals surface area contributed by atoms with Gasteiger partial charge in [0.15, 0.2) is 0 Å². The first-order valence-corrected chi connectivity index (χ1v) is 6.95. The Morgan fingerprint density at radius 1 is 1.30 bits per heavy atom. The molecule has 6 nitrogen and oxygen atoms in total. The van der Waals surface area contributed by atoms with E-state index >= 15 is 0 Å². The molecule has 1 aliphatic heterocycles. The fourth-order valence-corrected chi connectivity index (χ4v) is 2.17. The third-order valence-corrected chi connectivity index (χ3v) is 3.10. The Kier molecular flexibility index (Phi) is 5.80. The molecule has 0 bridgehead atoms. The molecule has 0 aliphatic carbocycles. The molecular formula is C14H25NO5. The van der Waals surface area contributed by atoms with Crippen molar-refractivity contribution >= 4 is 12.1 Å². The third kappa shape index (κ3) is 4.67. The number of hydrogen-bond donors (Lipinski definition) is 0. The third-order valence-electron chi connectivity index (χ3n) is 3.10. The molecule has 116 valence electrons. The Bertz CT molecular complexity index is 350. The standard InChI is InChI=1S/C14H25NO5/c1-6-19-12(16)10-7-8-15(9-11(10)18-5)13(17)20-14(2,3)4/h10-11H,6-9H2,1-5H3. The number of carbonyl (C=O) groups excluding carboxylic acids is 2. The Labute approximate surface area is 120 Å². The van der Waals surface area contributed by atoms with Crippen molar-refractivity contribution in [3.8, 4) is 0 Å². The molecule has 0 spiro atoms. The minimum atomic E-state index is -0.530. The summed E-state index contributed by atoms with van der Waals surface area (Å²) in [5.41, 5.74) is -0.530. The molecule has 0 N–H and O–H groups in total. The molecule has 6 heteroatoms. The second-order valence-electron chi connectivity index (χ2n) is 5.85. The van der Waals surface area contributed by atoms with E-state index in [0.29, 0.717) is 26.1 Å². The zero-order valence-corrected chi connectivity index (χ0v) is 13.0. The lowest BCUT2D eigenvalue weighted by molar-refractivity contribution is -0.156. The van der Waals surface area contributed by atoms with Gasteiger partial charge in [0.05, 0.1) is 25.2 Å². The van der Waals surface area contributed by atoms with Crippen molar-refractivity contribution in [1.29, 1.82) is 0 Å². The highest BCUT2D eigenvalue weighted by Gasteiger charge is 2.38. The Hall–Kier alpha value is -1.30. The lowest BCUT2D eigenvalue weighted by atomic mass is 9.94. The lowest BCUT2D eigenvalue weighted by Crippen LogP contribution is -2.51. The number of carbonyl (C=O) groups is 2. The van der Waals surface area contributed by atoms with Gasteiger partial charge in [-0.3, -0.25) is 4.79 Å². The van der Waals surface area contributed by atoms with Crippen LogP contribution in [0.5, 0.6) is 0 Å². The number of piperidine rings is 1. The molecule has 0 aromatic rings. The normalized spacial score (nSPS) is 23.4. The molecule has 2 atom stereocenters. The number of esters is 1. The second kappa shape index (κ2) is 6.92. The predicted molar refractivity (Wildman–Crippen MR) is 73.3 cm³/mol. The topological polar surface area (TPSA) is 65.1 Å². The van der Waals surface area contributed by atoms with Gasteiger partial charge in [-0.2, -0.15) is 0 Å². The summed E-state index contributed by atoms with van der Waals surface area (Å²) in [6.07, 6.45) is -0.200. The number of nitrogens with zero attached hydrogens (tertiary/aromatic N) is 1. The van der Waals surface area contributed by atoms with E-state index in [-0.39, 0.29) is 24.1 Å². The van der Waals surface area contributed by atoms with Crippen LogP contribution in [-0.2, 0) is 19.0 Å². The van der Waals surface area contributed by atoms with Crippen molar-refractivity contribution in [3.63, 3.8) is 0 Å². The number of likely N-dealkylation sites (tertiary alicyclic amines) is 1. The quantitative estimate of drug-likeness (QED) is 0.741. The summed E-state index contributed by atoms with van der Waals surface area (Å²) in [6.45, 7) is 8.41. The zero-order chi connectivity index (χ0) is 15.3. The molecule has 1 rings (SSSR count). The van der Waals surface area contributed by atoms with Crippen molar-refractivity contribution in [2.24, 2.45) is 5.92 Å². The van der Waals surface area contributed by atoms with Gasteiger partial charge in [0, 0.05) is 13.7 Å². The monoisotopic (exact) mass is 287 g/mol. The maximum Gasteiger partial charge on any atom is 0.410 e. The van der Waals surface area contributed by atoms with Crippen LogP contribution >= 0.6 is 0 Å². The van der Waals surface area contributed by atoms with Gasteiger partial charge in [-0.15, -0.1) is 0 Å². The van der Waals surface area contributed by atoms with Crippen LogP contribution in [0.3, 0.4) is 0 Å². The van der Waals surface area contributed by atoms with E-state index in [1.807, 2.05) is 20.8 Å². The molecule has 0 radical (unpaired) electrons. The molecule has 20 heavy (non-hydrogen) atoms. The van der Waals surface area contributed by atoms with Gasteiger partial charge in [-0.05, 0) is 34.1 Å². The fraction of sp³-hybridized carbons (Fsp3) is 0.857. The molecule has 0 aromatic carbocycles. The highest BCUT2D eigenvalue weighted by Crippen LogP contribution is 2.23. The molecule has 1 fully saturated rings. The SMILES string of the molecule is CCOC(=O)C1CCN(C(=O)OC(C)(C)C)CC1OC. The molecular weight excluding hydrogens is 262 g/mol. The maximum atomic E-state index is 12.0. The van der Waals surface area contributed by atoms with Crippen molar-refractivity contribution in [2.75, 3.05) is 26.8 Å². The van der Waals surface area contributed by atoms with Gasteiger partial charge < -0.3 is 19.1 Å². The summed E-state index contributed by atoms with van der Waals surface area (Å²) in [7, 11) is 1.54. The van der Waals surface area contributed by atoms with Gasteiger partial charge in [-0.25, -0.2) is 4.79 Å². The van der Waals surface area contributed by atoms with E-state index in [4.69, 9.17) is 14.2 Å². The summed E-state index contributed by atoms with van der Waals surface area (Å²) in [6, 6.07) is 0. The van der Waals surface area contributed by atoms with Crippen LogP contribution in [0.4, 0.5) is 4.79 Å². The van der Waals surface area contributed by atoms with E-state index < -0.39 is 5.60 Å². The van der Waals surface area contributed by atoms with E-state index in [1.54, 1.807) is 11.8 Å². The second-order valence-corrected chi connectivity index (χ2v) is 5.85. The van der Waals surface area contributed by atoms with Crippen LogP contribution in [0.2, 0.25) is 0 Å². The zero-order valence-electron chi connectivity index (χ0n) is 13.0. The van der Waals surface area contributed by atoms with E-state index in [2.05, 4.69) is 0 Å². The first-order valence-electron chi connectivity index (χ1n) is 6.95. The van der Waals surface area contributed by atoms with Gasteiger partial charge in [0.25, 0.3) is 0 Å². The van der Waals surface area contributed by atoms with Crippen molar-refractivity contribution < 1.29 is 23.8 Å². The van der Waals surface area contributed by atoms with Crippen LogP contribution in [0, 0.1) is 5.92 Å². The first kappa shape index (κ1) is 16.8. The lowest BCUT2D eigenvalue weighted by Gasteiger charge is -2.37. The fourth-order valence-electron chi connectivity index (χ4n) is 2.17. The highest BCUT2D eigenvalue weighted by atomic mass is 16.6. The maximum absolute atomic E-state index is 12.0. The van der Waals surface area contributed by atoms with E-state index in [0.717, 1.165) is 0 Å². The van der Waals surface area contributed by atoms with E-state index in [9.17, 15) is 9.59 Å². The highest BCUT2D eigenvalue weighted by molar-refractivity contribution is 5.74. The summed E-state index contributed by atoms with van der Waals surface area (Å²) in [5.74, 6) is -0.582. The Balaban J connectivity index is 2.63. The van der Waals surface area contributed by atoms with Crippen LogP contribution in [-0.4, -0.2) is 55.5 Å². The first-order chi connectivity index (χ1) is 9.28. The number of ether oxygens (including phenoxy) is 3. The van der Waals surface area contributed by atoms with Crippen molar-refractivity contribution in [3.05, 3.63) is 0 Å². The molecule has 0 saturated carbocycles. The molecule has 1 saturated heterocycles. The molecule has 1 aliphatic rings. The minimum Gasteiger partial charge on any atom is -0.466 e. The van der Waals surface area contributed by atoms with Crippen LogP contribution < -0.4 is 0 Å². The molecule has 1 heterocycles. The van der Waals surface area contributed by atoms with Gasteiger partial charge in [-0.1, -0.05) is 0 Å². The minimum absolute atomic E-state index is 0.261. The summed E-state index contributed by atoms with van der Waals surface area (Å²) < 4.78 is 15.7. The summed E-state index contributed by atoms with van der Waals surface area (Å²) >= 11 is 0. The van der Waals surface area contributed by atoms with E-state index in [1.165, 1.54) is 7.11 Å².